The van der Waals surface area contributed by atoms with Gasteiger partial charge in [-0.15, -0.1) is 0 Å². The Morgan fingerprint density at radius 1 is 1.18 bits per heavy atom. The summed E-state index contributed by atoms with van der Waals surface area (Å²) in [6, 6.07) is 9.17. The van der Waals surface area contributed by atoms with Gasteiger partial charge in [0.25, 0.3) is 0 Å². The number of phenols is 1. The van der Waals surface area contributed by atoms with E-state index in [-0.39, 0.29) is 18.4 Å². The molecule has 2 aromatic carbocycles. The van der Waals surface area contributed by atoms with Gasteiger partial charge in [0.05, 0.1) is 6.61 Å². The lowest BCUT2D eigenvalue weighted by molar-refractivity contribution is -0.141. The van der Waals surface area contributed by atoms with Gasteiger partial charge in [-0.05, 0) is 47.2 Å². The first-order valence-electron chi connectivity index (χ1n) is 9.39. The topological polar surface area (TPSA) is 49.8 Å². The van der Waals surface area contributed by atoms with Crippen LogP contribution in [0.4, 0.5) is 5.69 Å². The normalized spacial score (nSPS) is 11.0. The van der Waals surface area contributed by atoms with Gasteiger partial charge in [0, 0.05) is 29.2 Å². The summed E-state index contributed by atoms with van der Waals surface area (Å²) >= 11 is 13.0. The van der Waals surface area contributed by atoms with Crippen molar-refractivity contribution in [3.8, 4) is 5.75 Å². The number of likely N-dealkylation sites (N-methyl/N-ethyl adjacent to an activating group) is 1. The Morgan fingerprint density at radius 2 is 1.82 bits per heavy atom. The smallest absolute Gasteiger partial charge is 0.325 e. The number of hydrogen-bond donors (Lipinski definition) is 1. The molecule has 2 rings (SSSR count). The van der Waals surface area contributed by atoms with Gasteiger partial charge < -0.3 is 14.7 Å². The fourth-order valence-corrected chi connectivity index (χ4v) is 3.52. The van der Waals surface area contributed by atoms with Crippen molar-refractivity contribution < 1.29 is 14.6 Å². The van der Waals surface area contributed by atoms with Crippen molar-refractivity contribution in [2.75, 3.05) is 25.1 Å². The van der Waals surface area contributed by atoms with E-state index >= 15 is 0 Å². The van der Waals surface area contributed by atoms with Crippen LogP contribution in [0.25, 0.3) is 0 Å². The maximum Gasteiger partial charge on any atom is 0.325 e. The Morgan fingerprint density at radius 3 is 2.39 bits per heavy atom. The van der Waals surface area contributed by atoms with Crippen molar-refractivity contribution in [3.63, 3.8) is 0 Å². The summed E-state index contributed by atoms with van der Waals surface area (Å²) in [4.78, 5) is 13.6. The molecule has 0 aliphatic carbocycles. The van der Waals surface area contributed by atoms with E-state index in [1.807, 2.05) is 32.9 Å². The molecule has 0 saturated heterocycles. The van der Waals surface area contributed by atoms with Crippen LogP contribution in [0, 0.1) is 0 Å². The standard InChI is InChI=1S/C22H27Cl2NO3/c1-5-8-28-22(27)13-25(4)16-11-19(23)18(20(24)12-16)10-15-6-7-21(26)17(9-15)14(2)3/h6-7,9,11-12,14,26H,5,8,10,13H2,1-4H3. The lowest BCUT2D eigenvalue weighted by atomic mass is 9.96. The molecule has 0 amide bonds. The number of benzene rings is 2. The first-order chi connectivity index (χ1) is 13.2. The van der Waals surface area contributed by atoms with Crippen molar-refractivity contribution in [1.29, 1.82) is 0 Å². The fourth-order valence-electron chi connectivity index (χ4n) is 2.91. The fraction of sp³-hybridized carbons (Fsp3) is 0.409. The monoisotopic (exact) mass is 423 g/mol. The summed E-state index contributed by atoms with van der Waals surface area (Å²) in [5.41, 5.74) is 3.48. The van der Waals surface area contributed by atoms with Crippen molar-refractivity contribution in [2.24, 2.45) is 0 Å². The summed E-state index contributed by atoms with van der Waals surface area (Å²) in [7, 11) is 1.80. The Labute approximate surface area is 177 Å². The number of ether oxygens (including phenoxy) is 1. The quantitative estimate of drug-likeness (QED) is 0.544. The van der Waals surface area contributed by atoms with Gasteiger partial charge in [0.15, 0.2) is 0 Å². The maximum atomic E-state index is 11.8. The first kappa shape index (κ1) is 22.4. The van der Waals surface area contributed by atoms with Crippen LogP contribution in [-0.4, -0.2) is 31.3 Å². The van der Waals surface area contributed by atoms with E-state index in [0.29, 0.717) is 28.8 Å². The van der Waals surface area contributed by atoms with E-state index in [0.717, 1.165) is 28.8 Å². The SMILES string of the molecule is CCCOC(=O)CN(C)c1cc(Cl)c(Cc2ccc(O)c(C(C)C)c2)c(Cl)c1. The molecule has 0 spiro atoms. The average Bonchev–Trinajstić information content (AvgIpc) is 2.63. The number of aromatic hydroxyl groups is 1. The predicted molar refractivity (Wildman–Crippen MR) is 116 cm³/mol. The van der Waals surface area contributed by atoms with Crippen LogP contribution in [-0.2, 0) is 16.0 Å². The molecule has 4 nitrogen and oxygen atoms in total. The third kappa shape index (κ3) is 5.79. The summed E-state index contributed by atoms with van der Waals surface area (Å²) in [6.45, 7) is 6.57. The number of carbonyl (C=O) groups excluding carboxylic acids is 1. The molecule has 0 heterocycles. The molecular weight excluding hydrogens is 397 g/mol. The van der Waals surface area contributed by atoms with E-state index in [4.69, 9.17) is 27.9 Å². The molecule has 0 aromatic heterocycles. The lowest BCUT2D eigenvalue weighted by Crippen LogP contribution is -2.27. The zero-order chi connectivity index (χ0) is 20.8. The summed E-state index contributed by atoms with van der Waals surface area (Å²) < 4.78 is 5.12. The van der Waals surface area contributed by atoms with Gasteiger partial charge in [-0.1, -0.05) is 56.1 Å². The number of phenolic OH excluding ortho intramolecular Hbond substituents is 1. The molecule has 28 heavy (non-hydrogen) atoms. The van der Waals surface area contributed by atoms with Crippen molar-refractivity contribution in [2.45, 2.75) is 39.5 Å². The van der Waals surface area contributed by atoms with Crippen LogP contribution in [0.1, 0.15) is 49.8 Å². The zero-order valence-corrected chi connectivity index (χ0v) is 18.3. The second kappa shape index (κ2) is 10.0. The van der Waals surface area contributed by atoms with Crippen LogP contribution >= 0.6 is 23.2 Å². The summed E-state index contributed by atoms with van der Waals surface area (Å²) in [6.07, 6.45) is 1.35. The highest BCUT2D eigenvalue weighted by Crippen LogP contribution is 2.34. The van der Waals surface area contributed by atoms with E-state index in [9.17, 15) is 9.90 Å². The van der Waals surface area contributed by atoms with Crippen molar-refractivity contribution in [3.05, 3.63) is 57.1 Å². The first-order valence-corrected chi connectivity index (χ1v) is 10.1. The third-order valence-electron chi connectivity index (χ3n) is 4.49. The third-order valence-corrected chi connectivity index (χ3v) is 5.17. The molecule has 2 aromatic rings. The van der Waals surface area contributed by atoms with Crippen LogP contribution in [0.3, 0.4) is 0 Å². The van der Waals surface area contributed by atoms with Gasteiger partial charge in [0.1, 0.15) is 12.3 Å². The van der Waals surface area contributed by atoms with Crippen molar-refractivity contribution >= 4 is 34.9 Å². The number of carbonyl (C=O) groups is 1. The lowest BCUT2D eigenvalue weighted by Gasteiger charge is -2.20. The molecule has 0 saturated carbocycles. The van der Waals surface area contributed by atoms with Gasteiger partial charge in [-0.3, -0.25) is 4.79 Å². The van der Waals surface area contributed by atoms with E-state index in [2.05, 4.69) is 0 Å². The Bertz CT molecular complexity index is 814. The number of anilines is 1. The van der Waals surface area contributed by atoms with Gasteiger partial charge in [0.2, 0.25) is 0 Å². The van der Waals surface area contributed by atoms with Crippen LogP contribution in [0.2, 0.25) is 10.0 Å². The largest absolute Gasteiger partial charge is 0.508 e. The summed E-state index contributed by atoms with van der Waals surface area (Å²) in [5, 5.41) is 11.1. The zero-order valence-electron chi connectivity index (χ0n) is 16.8. The van der Waals surface area contributed by atoms with Crippen LogP contribution < -0.4 is 4.90 Å². The molecule has 0 radical (unpaired) electrons. The molecular formula is C22H27Cl2NO3. The summed E-state index contributed by atoms with van der Waals surface area (Å²) in [5.74, 6) is 0.225. The second-order valence-corrected chi connectivity index (χ2v) is 8.00. The number of esters is 1. The van der Waals surface area contributed by atoms with E-state index < -0.39 is 0 Å². The minimum atomic E-state index is -0.286. The average molecular weight is 424 g/mol. The molecule has 6 heteroatoms. The maximum absolute atomic E-state index is 11.8. The van der Waals surface area contributed by atoms with Crippen molar-refractivity contribution in [1.82, 2.24) is 0 Å². The van der Waals surface area contributed by atoms with E-state index in [1.165, 1.54) is 0 Å². The molecule has 0 aliphatic heterocycles. The highest BCUT2D eigenvalue weighted by Gasteiger charge is 2.15. The van der Waals surface area contributed by atoms with Gasteiger partial charge in [-0.25, -0.2) is 0 Å². The molecule has 0 bridgehead atoms. The highest BCUT2D eigenvalue weighted by molar-refractivity contribution is 6.36. The number of rotatable bonds is 8. The van der Waals surface area contributed by atoms with Crippen LogP contribution in [0.5, 0.6) is 5.75 Å². The molecule has 0 atom stereocenters. The van der Waals surface area contributed by atoms with Gasteiger partial charge >= 0.3 is 5.97 Å². The minimum absolute atomic E-state index is 0.127. The predicted octanol–water partition coefficient (Wildman–Crippen LogP) is 5.80. The molecule has 152 valence electrons. The Hall–Kier alpha value is -1.91. The second-order valence-electron chi connectivity index (χ2n) is 7.19. The Kier molecular flexibility index (Phi) is 8.02. The number of hydrogen-bond acceptors (Lipinski definition) is 4. The Balaban J connectivity index is 2.20. The highest BCUT2D eigenvalue weighted by atomic mass is 35.5. The number of nitrogens with zero attached hydrogens (tertiary/aromatic N) is 1. The molecule has 1 N–H and O–H groups in total. The minimum Gasteiger partial charge on any atom is -0.508 e. The molecule has 0 fully saturated rings. The molecule has 0 unspecified atom stereocenters. The van der Waals surface area contributed by atoms with Gasteiger partial charge in [-0.2, -0.15) is 0 Å². The molecule has 0 aliphatic rings. The number of halogens is 2. The van der Waals surface area contributed by atoms with Crippen LogP contribution in [0.15, 0.2) is 30.3 Å². The van der Waals surface area contributed by atoms with E-state index in [1.54, 1.807) is 30.1 Å².